The molecule has 1 aromatic heterocycles. The maximum absolute atomic E-state index is 6.64. The van der Waals surface area contributed by atoms with Gasteiger partial charge in [0, 0.05) is 11.1 Å². The number of benzene rings is 3. The molecule has 8 nitrogen and oxygen atoms in total. The van der Waals surface area contributed by atoms with Gasteiger partial charge in [-0.3, -0.25) is 0 Å². The van der Waals surface area contributed by atoms with Crippen molar-refractivity contribution in [2.45, 2.75) is 12.1 Å². The van der Waals surface area contributed by atoms with Crippen molar-refractivity contribution in [2.75, 3.05) is 26.6 Å². The molecule has 0 radical (unpaired) electrons. The first-order valence-electron chi connectivity index (χ1n) is 11.2. The van der Waals surface area contributed by atoms with Crippen LogP contribution in [0.5, 0.6) is 23.0 Å². The van der Waals surface area contributed by atoms with Gasteiger partial charge in [0.1, 0.15) is 24.2 Å². The third-order valence-electron chi connectivity index (χ3n) is 6.43. The van der Waals surface area contributed by atoms with Gasteiger partial charge in [-0.2, -0.15) is 10.1 Å². The summed E-state index contributed by atoms with van der Waals surface area (Å²) in [5.41, 5.74) is 4.89. The van der Waals surface area contributed by atoms with Gasteiger partial charge in [-0.15, -0.1) is 0 Å². The highest BCUT2D eigenvalue weighted by molar-refractivity contribution is 5.85. The van der Waals surface area contributed by atoms with E-state index in [4.69, 9.17) is 18.9 Å². The number of anilines is 1. The van der Waals surface area contributed by atoms with Crippen LogP contribution in [0.25, 0.3) is 5.70 Å². The summed E-state index contributed by atoms with van der Waals surface area (Å²) < 4.78 is 25.4. The highest BCUT2D eigenvalue weighted by Crippen LogP contribution is 2.52. The standard InChI is InChI=1S/C27H24N4O4/c1-32-20-13-17(14-21(33-2)26(20)34-3)24-22-23(30-27-28-15-29-31(24)27)18-11-7-8-12-19(18)35-25(22)16-9-5-4-6-10-16/h4-15,24-25H,1-3H3,(H,28,29,30). The van der Waals surface area contributed by atoms with Crippen molar-refractivity contribution in [3.63, 3.8) is 0 Å². The van der Waals surface area contributed by atoms with Crippen molar-refractivity contribution in [2.24, 2.45) is 0 Å². The van der Waals surface area contributed by atoms with Gasteiger partial charge in [0.2, 0.25) is 11.7 Å². The lowest BCUT2D eigenvalue weighted by atomic mass is 9.84. The highest BCUT2D eigenvalue weighted by atomic mass is 16.5. The molecule has 3 aromatic carbocycles. The first-order chi connectivity index (χ1) is 17.2. The zero-order valence-corrected chi connectivity index (χ0v) is 19.6. The Morgan fingerprint density at radius 2 is 1.57 bits per heavy atom. The minimum Gasteiger partial charge on any atom is -0.493 e. The van der Waals surface area contributed by atoms with Crippen LogP contribution in [0.15, 0.2) is 78.6 Å². The molecule has 2 unspecified atom stereocenters. The number of nitrogens with zero attached hydrogens (tertiary/aromatic N) is 3. The van der Waals surface area contributed by atoms with E-state index in [-0.39, 0.29) is 12.1 Å². The van der Waals surface area contributed by atoms with Crippen molar-refractivity contribution >= 4 is 11.6 Å². The molecule has 6 rings (SSSR count). The molecule has 0 aliphatic carbocycles. The fourth-order valence-electron chi connectivity index (χ4n) is 4.90. The summed E-state index contributed by atoms with van der Waals surface area (Å²) in [6.07, 6.45) is 1.20. The van der Waals surface area contributed by atoms with E-state index in [9.17, 15) is 0 Å². The average Bonchev–Trinajstić information content (AvgIpc) is 3.39. The molecular weight excluding hydrogens is 444 g/mol. The predicted octanol–water partition coefficient (Wildman–Crippen LogP) is 4.86. The van der Waals surface area contributed by atoms with Crippen LogP contribution < -0.4 is 24.3 Å². The molecule has 0 fully saturated rings. The Bertz CT molecular complexity index is 1410. The van der Waals surface area contributed by atoms with Crippen molar-refractivity contribution < 1.29 is 18.9 Å². The van der Waals surface area contributed by atoms with Gasteiger partial charge < -0.3 is 24.3 Å². The van der Waals surface area contributed by atoms with Gasteiger partial charge in [-0.25, -0.2) is 4.68 Å². The van der Waals surface area contributed by atoms with E-state index >= 15 is 0 Å². The number of fused-ring (bicyclic) bond motifs is 3. The third-order valence-corrected chi connectivity index (χ3v) is 6.43. The fraction of sp³-hybridized carbons (Fsp3) is 0.185. The monoisotopic (exact) mass is 468 g/mol. The molecule has 2 aliphatic heterocycles. The lowest BCUT2D eigenvalue weighted by Crippen LogP contribution is -2.32. The summed E-state index contributed by atoms with van der Waals surface area (Å²) >= 11 is 0. The second-order valence-electron chi connectivity index (χ2n) is 8.25. The van der Waals surface area contributed by atoms with Gasteiger partial charge in [0.15, 0.2) is 11.5 Å². The zero-order chi connectivity index (χ0) is 23.9. The topological polar surface area (TPSA) is 79.7 Å². The Morgan fingerprint density at radius 1 is 0.857 bits per heavy atom. The van der Waals surface area contributed by atoms with E-state index < -0.39 is 0 Å². The SMILES string of the molecule is COc1cc(C2C3=C(Nc4ncnn42)c2ccccc2OC3c2ccccc2)cc(OC)c1OC. The first kappa shape index (κ1) is 21.1. The number of aromatic nitrogens is 3. The number of para-hydroxylation sites is 1. The normalized spacial score (nSPS) is 17.9. The van der Waals surface area contributed by atoms with Crippen LogP contribution in [0.4, 0.5) is 5.95 Å². The van der Waals surface area contributed by atoms with E-state index in [2.05, 4.69) is 33.6 Å². The number of rotatable bonds is 5. The summed E-state index contributed by atoms with van der Waals surface area (Å²) in [4.78, 5) is 4.49. The molecular formula is C27H24N4O4. The maximum Gasteiger partial charge on any atom is 0.226 e. The molecule has 3 heterocycles. The van der Waals surface area contributed by atoms with Crippen LogP contribution in [0.1, 0.15) is 28.8 Å². The van der Waals surface area contributed by atoms with Crippen LogP contribution in [-0.4, -0.2) is 36.1 Å². The Labute approximate surface area is 202 Å². The number of hydrogen-bond donors (Lipinski definition) is 1. The molecule has 0 spiro atoms. The molecule has 0 saturated carbocycles. The summed E-state index contributed by atoms with van der Waals surface area (Å²) in [6.45, 7) is 0. The summed E-state index contributed by atoms with van der Waals surface area (Å²) in [5, 5.41) is 8.10. The van der Waals surface area contributed by atoms with Crippen LogP contribution in [-0.2, 0) is 0 Å². The Morgan fingerprint density at radius 3 is 2.29 bits per heavy atom. The lowest BCUT2D eigenvalue weighted by molar-refractivity contribution is 0.223. The van der Waals surface area contributed by atoms with E-state index in [1.807, 2.05) is 53.2 Å². The maximum atomic E-state index is 6.64. The van der Waals surface area contributed by atoms with E-state index in [0.717, 1.165) is 33.7 Å². The van der Waals surface area contributed by atoms with Gasteiger partial charge >= 0.3 is 0 Å². The van der Waals surface area contributed by atoms with E-state index in [0.29, 0.717) is 23.2 Å². The second kappa shape index (κ2) is 8.39. The number of nitrogens with one attached hydrogen (secondary N) is 1. The smallest absolute Gasteiger partial charge is 0.226 e. The average molecular weight is 469 g/mol. The van der Waals surface area contributed by atoms with Gasteiger partial charge in [-0.05, 0) is 35.4 Å². The second-order valence-corrected chi connectivity index (χ2v) is 8.25. The van der Waals surface area contributed by atoms with Crippen LogP contribution in [0, 0.1) is 0 Å². The highest BCUT2D eigenvalue weighted by Gasteiger charge is 2.41. The molecule has 4 aromatic rings. The Hall–Kier alpha value is -4.46. The molecule has 1 N–H and O–H groups in total. The lowest BCUT2D eigenvalue weighted by Gasteiger charge is -2.39. The molecule has 2 atom stereocenters. The minimum absolute atomic E-state index is 0.337. The predicted molar refractivity (Wildman–Crippen MR) is 131 cm³/mol. The van der Waals surface area contributed by atoms with Gasteiger partial charge in [0.25, 0.3) is 0 Å². The van der Waals surface area contributed by atoms with E-state index in [1.165, 1.54) is 0 Å². The largest absolute Gasteiger partial charge is 0.493 e. The molecule has 0 bridgehead atoms. The number of ether oxygens (including phenoxy) is 4. The molecule has 176 valence electrons. The molecule has 2 aliphatic rings. The first-order valence-corrected chi connectivity index (χ1v) is 11.2. The molecule has 35 heavy (non-hydrogen) atoms. The van der Waals surface area contributed by atoms with Crippen LogP contribution in [0.2, 0.25) is 0 Å². The molecule has 0 saturated heterocycles. The van der Waals surface area contributed by atoms with Crippen molar-refractivity contribution in [3.8, 4) is 23.0 Å². The molecule has 0 amide bonds. The Balaban J connectivity index is 1.64. The van der Waals surface area contributed by atoms with Crippen molar-refractivity contribution in [1.29, 1.82) is 0 Å². The quantitative estimate of drug-likeness (QED) is 0.448. The third kappa shape index (κ3) is 3.29. The van der Waals surface area contributed by atoms with Crippen LogP contribution in [0.3, 0.4) is 0 Å². The molecule has 8 heteroatoms. The number of hydrogen-bond acceptors (Lipinski definition) is 7. The number of methoxy groups -OCH3 is 3. The Kier molecular flexibility index (Phi) is 5.06. The van der Waals surface area contributed by atoms with Crippen molar-refractivity contribution in [1.82, 2.24) is 14.8 Å². The van der Waals surface area contributed by atoms with Gasteiger partial charge in [-0.1, -0.05) is 42.5 Å². The minimum atomic E-state index is -0.352. The fourth-order valence-corrected chi connectivity index (χ4v) is 4.90. The van der Waals surface area contributed by atoms with Gasteiger partial charge in [0.05, 0.1) is 27.0 Å². The van der Waals surface area contributed by atoms with Crippen LogP contribution >= 0.6 is 0 Å². The summed E-state index contributed by atoms with van der Waals surface area (Å²) in [5.74, 6) is 3.12. The zero-order valence-electron chi connectivity index (χ0n) is 19.6. The summed E-state index contributed by atoms with van der Waals surface area (Å²) in [6, 6.07) is 21.8. The van der Waals surface area contributed by atoms with E-state index in [1.54, 1.807) is 27.7 Å². The summed E-state index contributed by atoms with van der Waals surface area (Å²) in [7, 11) is 4.82. The van der Waals surface area contributed by atoms with Crippen molar-refractivity contribution in [3.05, 3.63) is 95.3 Å².